The fraction of sp³-hybridized carbons (Fsp3) is 0.281. The summed E-state index contributed by atoms with van der Waals surface area (Å²) in [5, 5.41) is 3.47. The van der Waals surface area contributed by atoms with Crippen molar-refractivity contribution < 1.29 is 37.1 Å². The van der Waals surface area contributed by atoms with E-state index in [0.29, 0.717) is 68.4 Å². The Labute approximate surface area is 633 Å². The number of rotatable bonds is 24. The van der Waals surface area contributed by atoms with Crippen LogP contribution in [-0.2, 0) is 77.3 Å². The normalized spacial score (nSPS) is 15.0. The Kier molecular flexibility index (Phi) is 31.1. The van der Waals surface area contributed by atoms with Crippen molar-refractivity contribution >= 4 is 36.0 Å². The Hall–Kier alpha value is -11.1. The predicted octanol–water partition coefficient (Wildman–Crippen LogP) is 13.3. The molecule has 6 heterocycles. The summed E-state index contributed by atoms with van der Waals surface area (Å²) in [6, 6.07) is 81.3. The number of hydrogen-bond acceptors (Lipinski definition) is 12. The average Bonchev–Trinajstić information content (AvgIpc) is 0.804. The highest BCUT2D eigenvalue weighted by molar-refractivity contribution is 5.96. The Morgan fingerprint density at radius 3 is 1.20 bits per heavy atom. The Bertz CT molecular complexity index is 4300. The molecule has 0 unspecified atom stereocenters. The number of hydrogen-bond donors (Lipinski definition) is 1. The second kappa shape index (κ2) is 42.3. The molecule has 3 aliphatic rings. The number of pyridine rings is 3. The Balaban J connectivity index is 0.000000171. The highest BCUT2D eigenvalue weighted by Crippen LogP contribution is 2.30. The lowest BCUT2D eigenvalue weighted by atomic mass is 9.99. The SMILES string of the molecule is C[C@@H](Cc1ccccc1)C(=O)N1CCN(Cc2ccccc2)CC1.O=C([C@H](Cc1ccccc1)N(Cc1ccccn1)C(=O)/C=C/c1ccc(C(F)(F)F)cc1)N1CCN(Cc2ccccc2)CC1.O=C([C@H](Cc1ccccc1)NCc1ccccn1)N1CCN(Cc2ccccc2)CC1.O=Cc1ccccn1. The summed E-state index contributed by atoms with van der Waals surface area (Å²) in [6.45, 7) is 14.8. The lowest BCUT2D eigenvalue weighted by Gasteiger charge is -2.39. The number of carbonyl (C=O) groups is 5. The summed E-state index contributed by atoms with van der Waals surface area (Å²) in [7, 11) is 0. The van der Waals surface area contributed by atoms with Crippen LogP contribution in [0.5, 0.6) is 0 Å². The van der Waals surface area contributed by atoms with Gasteiger partial charge in [0.2, 0.25) is 23.6 Å². The molecular weight excluding hydrogens is 1360 g/mol. The topological polar surface area (TPSA) is 159 Å². The van der Waals surface area contributed by atoms with Gasteiger partial charge >= 0.3 is 6.18 Å². The predicted molar refractivity (Wildman–Crippen MR) is 418 cm³/mol. The van der Waals surface area contributed by atoms with E-state index in [0.717, 1.165) is 114 Å². The van der Waals surface area contributed by atoms with Gasteiger partial charge in [-0.25, -0.2) is 0 Å². The molecule has 1 N–H and O–H groups in total. The van der Waals surface area contributed by atoms with Gasteiger partial charge in [-0.1, -0.05) is 219 Å². The summed E-state index contributed by atoms with van der Waals surface area (Å²) < 4.78 is 39.1. The van der Waals surface area contributed by atoms with Crippen molar-refractivity contribution in [2.24, 2.45) is 5.92 Å². The van der Waals surface area contributed by atoms with Gasteiger partial charge in [-0.3, -0.25) is 58.9 Å². The van der Waals surface area contributed by atoms with Crippen molar-refractivity contribution in [1.82, 2.24) is 54.6 Å². The maximum atomic E-state index is 14.3. The minimum absolute atomic E-state index is 0.0491. The molecule has 4 amide bonds. The number of carbonyl (C=O) groups excluding carboxylic acids is 5. The number of nitrogens with zero attached hydrogens (tertiary/aromatic N) is 10. The summed E-state index contributed by atoms with van der Waals surface area (Å²) in [5.74, 6) is -0.0617. The van der Waals surface area contributed by atoms with Crippen molar-refractivity contribution in [2.45, 2.75) is 77.2 Å². The highest BCUT2D eigenvalue weighted by Gasteiger charge is 2.36. The fourth-order valence-corrected chi connectivity index (χ4v) is 13.2. The molecule has 0 bridgehead atoms. The van der Waals surface area contributed by atoms with E-state index in [-0.39, 0.29) is 30.3 Å². The van der Waals surface area contributed by atoms with Gasteiger partial charge in [0.25, 0.3) is 0 Å². The molecule has 0 aliphatic carbocycles. The first kappa shape index (κ1) is 79.5. The summed E-state index contributed by atoms with van der Waals surface area (Å²) in [4.78, 5) is 91.3. The van der Waals surface area contributed by atoms with Crippen molar-refractivity contribution in [3.05, 3.63) is 347 Å². The number of halogens is 3. The van der Waals surface area contributed by atoms with Gasteiger partial charge in [-0.15, -0.1) is 0 Å². The average molecular weight is 1460 g/mol. The second-order valence-electron chi connectivity index (χ2n) is 27.1. The molecule has 7 aromatic carbocycles. The van der Waals surface area contributed by atoms with Crippen LogP contribution in [0.15, 0.2) is 286 Å². The first-order valence-electron chi connectivity index (χ1n) is 37.0. The van der Waals surface area contributed by atoms with Gasteiger partial charge in [-0.05, 0) is 106 Å². The number of piperazine rings is 3. The third-order valence-electron chi connectivity index (χ3n) is 19.2. The minimum atomic E-state index is -4.45. The zero-order valence-electron chi connectivity index (χ0n) is 61.3. The van der Waals surface area contributed by atoms with E-state index in [2.05, 4.69) is 120 Å². The van der Waals surface area contributed by atoms with Crippen LogP contribution in [0.4, 0.5) is 13.2 Å². The van der Waals surface area contributed by atoms with Gasteiger partial charge in [0.15, 0.2) is 6.29 Å². The van der Waals surface area contributed by atoms with Gasteiger partial charge < -0.3 is 19.6 Å². The Morgan fingerprint density at radius 1 is 0.426 bits per heavy atom. The zero-order valence-corrected chi connectivity index (χ0v) is 61.3. The molecule has 3 saturated heterocycles. The standard InChI is InChI=1S/C36H35F3N4O2.C26H30N4O.C21H26N2O.C6H5NO/c37-36(38,39)31-17-14-28(15-18-31)16-19-34(44)43(27-32-13-7-8-20-40-32)33(25-29-9-3-1-4-10-29)35(45)42-23-21-41(22-24-42)26-30-11-5-2-6-12-30;31-26(30-17-15-29(16-18-30)21-23-11-5-2-6-12-23)25(19-22-9-3-1-4-10-22)28-20-24-13-7-8-14-27-24;1-18(16-19-8-4-2-5-9-19)21(24)23-14-12-22(13-15-23)17-20-10-6-3-7-11-20;8-5-6-3-1-2-4-7-6/h1-20,33H,21-27H2;1-14,25,28H,15-21H2;2-11,18H,12-17H2,1H3;1-5H/b19-16+;;;/t33-;25-;18-;/m000./s1. The molecule has 3 fully saturated rings. The molecule has 108 heavy (non-hydrogen) atoms. The molecule has 3 atom stereocenters. The smallest absolute Gasteiger partial charge is 0.340 e. The molecule has 16 nitrogen and oxygen atoms in total. The van der Waals surface area contributed by atoms with E-state index >= 15 is 0 Å². The van der Waals surface area contributed by atoms with Crippen LogP contribution in [0.25, 0.3) is 6.08 Å². The van der Waals surface area contributed by atoms with Crippen molar-refractivity contribution in [3.8, 4) is 0 Å². The zero-order chi connectivity index (χ0) is 75.6. The summed E-state index contributed by atoms with van der Waals surface area (Å²) >= 11 is 0. The molecule has 0 saturated carbocycles. The summed E-state index contributed by atoms with van der Waals surface area (Å²) in [6.07, 6.45) is 5.87. The van der Waals surface area contributed by atoms with Crippen molar-refractivity contribution in [3.63, 3.8) is 0 Å². The maximum absolute atomic E-state index is 14.3. The quantitative estimate of drug-likeness (QED) is 0.0451. The monoisotopic (exact) mass is 1460 g/mol. The molecule has 3 aromatic heterocycles. The number of aldehydes is 1. The van der Waals surface area contributed by atoms with E-state index < -0.39 is 23.7 Å². The van der Waals surface area contributed by atoms with Crippen LogP contribution in [0.1, 0.15) is 73.3 Å². The number of amides is 4. The first-order chi connectivity index (χ1) is 52.7. The lowest BCUT2D eigenvalue weighted by molar-refractivity contribution is -0.145. The van der Waals surface area contributed by atoms with E-state index in [1.54, 1.807) is 48.9 Å². The van der Waals surface area contributed by atoms with Crippen LogP contribution in [0.3, 0.4) is 0 Å². The van der Waals surface area contributed by atoms with Crippen molar-refractivity contribution in [2.75, 3.05) is 78.5 Å². The number of benzene rings is 7. The van der Waals surface area contributed by atoms with Gasteiger partial charge in [-0.2, -0.15) is 13.2 Å². The molecule has 3 aliphatic heterocycles. The lowest BCUT2D eigenvalue weighted by Crippen LogP contribution is -2.56. The molecule has 10 aromatic rings. The number of aromatic nitrogens is 3. The molecule has 0 spiro atoms. The Morgan fingerprint density at radius 2 is 0.806 bits per heavy atom. The van der Waals surface area contributed by atoms with Crippen LogP contribution in [0.2, 0.25) is 0 Å². The number of nitrogens with one attached hydrogen (secondary N) is 1. The minimum Gasteiger partial charge on any atom is -0.340 e. The molecule has 558 valence electrons. The molecular formula is C89H96F3N11O5. The highest BCUT2D eigenvalue weighted by atomic mass is 19.4. The van der Waals surface area contributed by atoms with Crippen LogP contribution in [0, 0.1) is 5.92 Å². The van der Waals surface area contributed by atoms with Crippen LogP contribution >= 0.6 is 0 Å². The summed E-state index contributed by atoms with van der Waals surface area (Å²) in [5.41, 5.74) is 8.90. The third-order valence-corrected chi connectivity index (χ3v) is 19.2. The number of alkyl halides is 3. The molecule has 0 radical (unpaired) electrons. The third kappa shape index (κ3) is 26.1. The second-order valence-corrected chi connectivity index (χ2v) is 27.1. The largest absolute Gasteiger partial charge is 0.416 e. The first-order valence-corrected chi connectivity index (χ1v) is 37.0. The van der Waals surface area contributed by atoms with E-state index in [1.165, 1.54) is 51.4 Å². The van der Waals surface area contributed by atoms with Crippen LogP contribution in [-0.4, -0.2) is 170 Å². The van der Waals surface area contributed by atoms with Gasteiger partial charge in [0.1, 0.15) is 11.7 Å². The maximum Gasteiger partial charge on any atom is 0.416 e. The fourth-order valence-electron chi connectivity index (χ4n) is 13.2. The molecule has 13 rings (SSSR count). The van der Waals surface area contributed by atoms with E-state index in [4.69, 9.17) is 0 Å². The van der Waals surface area contributed by atoms with Crippen molar-refractivity contribution in [1.29, 1.82) is 0 Å². The van der Waals surface area contributed by atoms with Gasteiger partial charge in [0.05, 0.1) is 29.5 Å². The van der Waals surface area contributed by atoms with E-state index in [9.17, 15) is 37.1 Å². The van der Waals surface area contributed by atoms with E-state index in [1.807, 2.05) is 143 Å². The van der Waals surface area contributed by atoms with Crippen LogP contribution < -0.4 is 5.32 Å². The molecule has 19 heteroatoms. The van der Waals surface area contributed by atoms with Gasteiger partial charge in [0, 0.05) is 142 Å².